The van der Waals surface area contributed by atoms with Crippen LogP contribution in [-0.4, -0.2) is 12.5 Å². The molecule has 3 rings (SSSR count). The van der Waals surface area contributed by atoms with Gasteiger partial charge in [-0.05, 0) is 47.5 Å². The highest BCUT2D eigenvalue weighted by Crippen LogP contribution is 2.25. The van der Waals surface area contributed by atoms with Crippen molar-refractivity contribution in [3.05, 3.63) is 71.2 Å². The van der Waals surface area contributed by atoms with Gasteiger partial charge in [0.15, 0.2) is 0 Å². The van der Waals surface area contributed by atoms with E-state index < -0.39 is 0 Å². The molecule has 0 heterocycles. The van der Waals surface area contributed by atoms with E-state index in [0.717, 1.165) is 29.3 Å². The van der Waals surface area contributed by atoms with Crippen LogP contribution in [0, 0.1) is 0 Å². The van der Waals surface area contributed by atoms with Gasteiger partial charge in [0.2, 0.25) is 0 Å². The van der Waals surface area contributed by atoms with Crippen molar-refractivity contribution < 1.29 is 9.53 Å². The Bertz CT molecular complexity index is 892. The number of benzene rings is 3. The zero-order valence-electron chi connectivity index (χ0n) is 14.1. The number of carbonyl (C=O) groups excluding carboxylic acids is 1. The number of fused-ring (bicyclic) bond motifs is 1. The molecule has 0 aliphatic rings. The summed E-state index contributed by atoms with van der Waals surface area (Å²) in [6.45, 7) is 2.67. The van der Waals surface area contributed by atoms with Crippen molar-refractivity contribution in [3.63, 3.8) is 0 Å². The van der Waals surface area contributed by atoms with Crippen LogP contribution in [0.4, 0.5) is 5.69 Å². The first kappa shape index (κ1) is 17.3. The number of rotatable bonds is 6. The van der Waals surface area contributed by atoms with Crippen LogP contribution in [0.15, 0.2) is 60.7 Å². The fourth-order valence-corrected chi connectivity index (χ4v) is 2.77. The Labute approximate surface area is 152 Å². The maximum Gasteiger partial charge on any atom is 0.259 e. The van der Waals surface area contributed by atoms with E-state index in [1.807, 2.05) is 42.5 Å². The quantitative estimate of drug-likeness (QED) is 0.558. The minimum absolute atomic E-state index is 0.232. The molecule has 0 atom stereocenters. The molecule has 1 N–H and O–H groups in total. The average Bonchev–Trinajstić information content (AvgIpc) is 2.63. The molecule has 1 amide bonds. The van der Waals surface area contributed by atoms with Crippen LogP contribution in [0.25, 0.3) is 10.8 Å². The number of hydrogen-bond acceptors (Lipinski definition) is 2. The number of ether oxygens (including phenoxy) is 1. The first-order valence-corrected chi connectivity index (χ1v) is 8.77. The molecule has 128 valence electrons. The van der Waals surface area contributed by atoms with Crippen LogP contribution in [0.3, 0.4) is 0 Å². The summed E-state index contributed by atoms with van der Waals surface area (Å²) in [5.74, 6) is 0.320. The van der Waals surface area contributed by atoms with Crippen molar-refractivity contribution in [3.8, 4) is 5.75 Å². The maximum atomic E-state index is 12.7. The molecule has 0 radical (unpaired) electrons. The Balaban J connectivity index is 1.82. The van der Waals surface area contributed by atoms with E-state index in [0.29, 0.717) is 22.9 Å². The first-order valence-electron chi connectivity index (χ1n) is 8.40. The molecule has 4 heteroatoms. The zero-order chi connectivity index (χ0) is 17.6. The Morgan fingerprint density at radius 2 is 1.84 bits per heavy atom. The van der Waals surface area contributed by atoms with Crippen LogP contribution in [-0.2, 0) is 0 Å². The minimum atomic E-state index is -0.232. The number of anilines is 1. The molecule has 3 aromatic carbocycles. The lowest BCUT2D eigenvalue weighted by Gasteiger charge is -2.12. The van der Waals surface area contributed by atoms with Gasteiger partial charge in [-0.15, -0.1) is 0 Å². The molecule has 25 heavy (non-hydrogen) atoms. The van der Waals surface area contributed by atoms with Crippen molar-refractivity contribution in [1.82, 2.24) is 0 Å². The average molecular weight is 354 g/mol. The Morgan fingerprint density at radius 3 is 2.64 bits per heavy atom. The topological polar surface area (TPSA) is 38.3 Å². The monoisotopic (exact) mass is 353 g/mol. The predicted octanol–water partition coefficient (Wildman–Crippen LogP) is 5.92. The second-order valence-electron chi connectivity index (χ2n) is 5.86. The summed E-state index contributed by atoms with van der Waals surface area (Å²) >= 11 is 6.07. The minimum Gasteiger partial charge on any atom is -0.493 e. The van der Waals surface area contributed by atoms with Crippen LogP contribution in [0.2, 0.25) is 5.02 Å². The molecule has 0 spiro atoms. The molecular weight excluding hydrogens is 334 g/mol. The summed E-state index contributed by atoms with van der Waals surface area (Å²) in [6, 6.07) is 19.0. The molecule has 0 saturated heterocycles. The van der Waals surface area contributed by atoms with Gasteiger partial charge in [0.05, 0.1) is 12.2 Å². The number of amides is 1. The zero-order valence-corrected chi connectivity index (χ0v) is 14.8. The first-order chi connectivity index (χ1) is 12.2. The van der Waals surface area contributed by atoms with Gasteiger partial charge in [-0.25, -0.2) is 0 Å². The number of nitrogens with one attached hydrogen (secondary N) is 1. The molecule has 0 saturated carbocycles. The highest BCUT2D eigenvalue weighted by atomic mass is 35.5. The lowest BCUT2D eigenvalue weighted by molar-refractivity contribution is 0.102. The lowest BCUT2D eigenvalue weighted by atomic mass is 10.1. The molecular formula is C21H20ClNO2. The van der Waals surface area contributed by atoms with Gasteiger partial charge in [-0.1, -0.05) is 55.3 Å². The van der Waals surface area contributed by atoms with E-state index in [1.54, 1.807) is 18.2 Å². The third kappa shape index (κ3) is 4.31. The van der Waals surface area contributed by atoms with Crippen molar-refractivity contribution in [1.29, 1.82) is 0 Å². The molecule has 0 aliphatic carbocycles. The Morgan fingerprint density at radius 1 is 1.04 bits per heavy atom. The molecule has 0 aliphatic heterocycles. The second-order valence-corrected chi connectivity index (χ2v) is 6.29. The van der Waals surface area contributed by atoms with E-state index in [-0.39, 0.29) is 5.91 Å². The van der Waals surface area contributed by atoms with E-state index >= 15 is 0 Å². The van der Waals surface area contributed by atoms with Crippen LogP contribution in [0.1, 0.15) is 30.1 Å². The van der Waals surface area contributed by atoms with E-state index in [2.05, 4.69) is 12.2 Å². The third-order valence-corrected chi connectivity index (χ3v) is 4.18. The number of unbranched alkanes of at least 4 members (excludes halogenated alkanes) is 1. The fraction of sp³-hybridized carbons (Fsp3) is 0.190. The van der Waals surface area contributed by atoms with E-state index in [4.69, 9.17) is 16.3 Å². The molecule has 0 bridgehead atoms. The van der Waals surface area contributed by atoms with Crippen molar-refractivity contribution in [2.75, 3.05) is 11.9 Å². The summed E-state index contributed by atoms with van der Waals surface area (Å²) in [7, 11) is 0. The summed E-state index contributed by atoms with van der Waals surface area (Å²) in [6.07, 6.45) is 1.97. The summed E-state index contributed by atoms with van der Waals surface area (Å²) in [4.78, 5) is 12.7. The van der Waals surface area contributed by atoms with Gasteiger partial charge < -0.3 is 10.1 Å². The number of halogens is 1. The third-order valence-electron chi connectivity index (χ3n) is 3.95. The van der Waals surface area contributed by atoms with Crippen LogP contribution < -0.4 is 10.1 Å². The van der Waals surface area contributed by atoms with Crippen molar-refractivity contribution >= 4 is 34.0 Å². The van der Waals surface area contributed by atoms with Crippen molar-refractivity contribution in [2.45, 2.75) is 19.8 Å². The number of hydrogen-bond donors (Lipinski definition) is 1. The lowest BCUT2D eigenvalue weighted by Crippen LogP contribution is -2.14. The van der Waals surface area contributed by atoms with Crippen LogP contribution in [0.5, 0.6) is 5.75 Å². The summed E-state index contributed by atoms with van der Waals surface area (Å²) < 4.78 is 5.74. The van der Waals surface area contributed by atoms with Gasteiger partial charge in [-0.3, -0.25) is 4.79 Å². The van der Waals surface area contributed by atoms with Gasteiger partial charge >= 0.3 is 0 Å². The smallest absolute Gasteiger partial charge is 0.259 e. The van der Waals surface area contributed by atoms with Gasteiger partial charge in [0.1, 0.15) is 5.75 Å². The second kappa shape index (κ2) is 8.04. The SMILES string of the molecule is CCCCOc1ccc(Cl)cc1C(=O)Nc1ccc2ccccc2c1. The molecule has 0 unspecified atom stereocenters. The summed E-state index contributed by atoms with van der Waals surface area (Å²) in [5, 5.41) is 5.64. The standard InChI is InChI=1S/C21H20ClNO2/c1-2-3-12-25-20-11-9-17(22)14-19(20)21(24)23-18-10-8-15-6-4-5-7-16(15)13-18/h4-11,13-14H,2-3,12H2,1H3,(H,23,24). The molecule has 3 aromatic rings. The number of carbonyl (C=O) groups is 1. The Kier molecular flexibility index (Phi) is 5.56. The highest BCUT2D eigenvalue weighted by molar-refractivity contribution is 6.31. The van der Waals surface area contributed by atoms with E-state index in [1.165, 1.54) is 0 Å². The van der Waals surface area contributed by atoms with Gasteiger partial charge in [-0.2, -0.15) is 0 Å². The van der Waals surface area contributed by atoms with Crippen molar-refractivity contribution in [2.24, 2.45) is 0 Å². The summed E-state index contributed by atoms with van der Waals surface area (Å²) in [5.41, 5.74) is 1.18. The fourth-order valence-electron chi connectivity index (χ4n) is 2.60. The van der Waals surface area contributed by atoms with E-state index in [9.17, 15) is 4.79 Å². The molecule has 0 aromatic heterocycles. The van der Waals surface area contributed by atoms with Gasteiger partial charge in [0.25, 0.3) is 5.91 Å². The predicted molar refractivity (Wildman–Crippen MR) is 104 cm³/mol. The highest BCUT2D eigenvalue weighted by Gasteiger charge is 2.14. The van der Waals surface area contributed by atoms with Crippen LogP contribution >= 0.6 is 11.6 Å². The molecule has 3 nitrogen and oxygen atoms in total. The largest absolute Gasteiger partial charge is 0.493 e. The normalized spacial score (nSPS) is 10.6. The maximum absolute atomic E-state index is 12.7. The van der Waals surface area contributed by atoms with Gasteiger partial charge in [0, 0.05) is 10.7 Å². The Hall–Kier alpha value is -2.52. The molecule has 0 fully saturated rings.